The zero-order valence-electron chi connectivity index (χ0n) is 10.5. The Labute approximate surface area is 108 Å². The molecular formula is C13H14F3NO2. The van der Waals surface area contributed by atoms with Crippen molar-refractivity contribution in [3.05, 3.63) is 35.9 Å². The highest BCUT2D eigenvalue weighted by Gasteiger charge is 2.38. The predicted molar refractivity (Wildman–Crippen MR) is 65.3 cm³/mol. The van der Waals surface area contributed by atoms with Gasteiger partial charge in [0.25, 0.3) is 0 Å². The number of nitrogens with zero attached hydrogens (tertiary/aromatic N) is 1. The van der Waals surface area contributed by atoms with Crippen molar-refractivity contribution in [1.82, 2.24) is 0 Å². The van der Waals surface area contributed by atoms with Crippen molar-refractivity contribution < 1.29 is 23.1 Å². The first-order valence-electron chi connectivity index (χ1n) is 5.66. The number of hydrogen-bond donors (Lipinski definition) is 1. The van der Waals surface area contributed by atoms with Crippen LogP contribution in [0.2, 0.25) is 0 Å². The molecule has 1 aromatic carbocycles. The molecule has 104 valence electrons. The van der Waals surface area contributed by atoms with Crippen LogP contribution in [0, 0.1) is 5.92 Å². The Morgan fingerprint density at radius 3 is 2.11 bits per heavy atom. The van der Waals surface area contributed by atoms with E-state index >= 15 is 0 Å². The van der Waals surface area contributed by atoms with Gasteiger partial charge in [0, 0.05) is 5.56 Å². The van der Waals surface area contributed by atoms with E-state index in [9.17, 15) is 18.0 Å². The van der Waals surface area contributed by atoms with Gasteiger partial charge in [-0.05, 0) is 5.92 Å². The van der Waals surface area contributed by atoms with Crippen molar-refractivity contribution in [2.24, 2.45) is 10.9 Å². The first-order valence-corrected chi connectivity index (χ1v) is 5.66. The van der Waals surface area contributed by atoms with Crippen LogP contribution >= 0.6 is 0 Å². The average Bonchev–Trinajstić information content (AvgIpc) is 2.28. The van der Waals surface area contributed by atoms with E-state index in [1.165, 1.54) is 38.1 Å². The van der Waals surface area contributed by atoms with Crippen LogP contribution in [0.4, 0.5) is 13.2 Å². The standard InChI is InChI=1S/C13H14F3NO2/c1-8(2)10(12(18)19)17-11(13(14,15)16)9-6-4-3-5-7-9/h3-8,10H,1-2H3,(H,18,19)/b17-11+/t10-/m0/s1. The average molecular weight is 273 g/mol. The molecule has 0 spiro atoms. The van der Waals surface area contributed by atoms with Crippen molar-refractivity contribution in [3.8, 4) is 0 Å². The number of benzene rings is 1. The van der Waals surface area contributed by atoms with Gasteiger partial charge >= 0.3 is 12.1 Å². The van der Waals surface area contributed by atoms with Gasteiger partial charge in [-0.1, -0.05) is 44.2 Å². The molecule has 0 aliphatic carbocycles. The maximum atomic E-state index is 13.0. The van der Waals surface area contributed by atoms with Gasteiger partial charge in [-0.15, -0.1) is 0 Å². The van der Waals surface area contributed by atoms with Crippen LogP contribution in [0.15, 0.2) is 35.3 Å². The molecule has 1 atom stereocenters. The quantitative estimate of drug-likeness (QED) is 0.857. The fraction of sp³-hybridized carbons (Fsp3) is 0.385. The maximum Gasteiger partial charge on any atom is 0.433 e. The van der Waals surface area contributed by atoms with Crippen molar-refractivity contribution in [1.29, 1.82) is 0 Å². The normalized spacial score (nSPS) is 14.5. The van der Waals surface area contributed by atoms with E-state index in [1.807, 2.05) is 0 Å². The summed E-state index contributed by atoms with van der Waals surface area (Å²) in [5.74, 6) is -1.90. The van der Waals surface area contributed by atoms with Crippen molar-refractivity contribution in [2.45, 2.75) is 26.1 Å². The summed E-state index contributed by atoms with van der Waals surface area (Å²) in [6.45, 7) is 3.03. The summed E-state index contributed by atoms with van der Waals surface area (Å²) in [7, 11) is 0. The minimum atomic E-state index is -4.69. The Balaban J connectivity index is 3.29. The molecule has 3 nitrogen and oxygen atoms in total. The molecule has 0 saturated heterocycles. The molecule has 0 amide bonds. The number of carboxylic acids is 1. The number of carbonyl (C=O) groups is 1. The fourth-order valence-corrected chi connectivity index (χ4v) is 1.54. The SMILES string of the molecule is CC(C)[C@H](/N=C(\c1ccccc1)C(F)(F)F)C(=O)O. The number of hydrogen-bond acceptors (Lipinski definition) is 2. The largest absolute Gasteiger partial charge is 0.480 e. The summed E-state index contributed by atoms with van der Waals surface area (Å²) in [6, 6.07) is 5.56. The molecule has 0 aromatic heterocycles. The highest BCUT2D eigenvalue weighted by molar-refractivity contribution is 6.05. The molecule has 0 bridgehead atoms. The van der Waals surface area contributed by atoms with Crippen LogP contribution in [-0.2, 0) is 4.79 Å². The molecule has 19 heavy (non-hydrogen) atoms. The second kappa shape index (κ2) is 5.86. The maximum absolute atomic E-state index is 13.0. The number of aliphatic imine (C=N–C) groups is 1. The summed E-state index contributed by atoms with van der Waals surface area (Å²) in [4.78, 5) is 14.4. The van der Waals surface area contributed by atoms with Crippen LogP contribution in [0.3, 0.4) is 0 Å². The third-order valence-corrected chi connectivity index (χ3v) is 2.47. The first-order chi connectivity index (χ1) is 8.73. The van der Waals surface area contributed by atoms with Gasteiger partial charge in [-0.25, -0.2) is 4.79 Å². The third kappa shape index (κ3) is 4.08. The van der Waals surface area contributed by atoms with Gasteiger partial charge in [-0.2, -0.15) is 13.2 Å². The van der Waals surface area contributed by atoms with E-state index in [1.54, 1.807) is 6.07 Å². The van der Waals surface area contributed by atoms with E-state index < -0.39 is 29.8 Å². The molecule has 0 fully saturated rings. The lowest BCUT2D eigenvalue weighted by Crippen LogP contribution is -2.31. The van der Waals surface area contributed by atoms with Crippen LogP contribution in [0.25, 0.3) is 0 Å². The van der Waals surface area contributed by atoms with Crippen LogP contribution in [0.1, 0.15) is 19.4 Å². The number of rotatable bonds is 4. The molecular weight excluding hydrogens is 259 g/mol. The number of alkyl halides is 3. The second-order valence-corrected chi connectivity index (χ2v) is 4.37. The highest BCUT2D eigenvalue weighted by Crippen LogP contribution is 2.24. The van der Waals surface area contributed by atoms with E-state index in [2.05, 4.69) is 4.99 Å². The van der Waals surface area contributed by atoms with E-state index in [-0.39, 0.29) is 5.56 Å². The van der Waals surface area contributed by atoms with Gasteiger partial charge < -0.3 is 5.11 Å². The topological polar surface area (TPSA) is 49.7 Å². The fourth-order valence-electron chi connectivity index (χ4n) is 1.54. The van der Waals surface area contributed by atoms with Gasteiger partial charge in [0.1, 0.15) is 11.8 Å². The van der Waals surface area contributed by atoms with E-state index in [0.29, 0.717) is 0 Å². The van der Waals surface area contributed by atoms with E-state index in [0.717, 1.165) is 0 Å². The summed E-state index contributed by atoms with van der Waals surface area (Å²) in [6.07, 6.45) is -4.69. The van der Waals surface area contributed by atoms with Gasteiger partial charge in [0.05, 0.1) is 0 Å². The molecule has 0 saturated carbocycles. The summed E-state index contributed by atoms with van der Waals surface area (Å²) in [5, 5.41) is 8.93. The Hall–Kier alpha value is -1.85. The lowest BCUT2D eigenvalue weighted by Gasteiger charge is -2.16. The molecule has 0 aliphatic heterocycles. The van der Waals surface area contributed by atoms with Crippen LogP contribution in [-0.4, -0.2) is 29.0 Å². The molecule has 1 N–H and O–H groups in total. The van der Waals surface area contributed by atoms with Crippen LogP contribution < -0.4 is 0 Å². The molecule has 0 unspecified atom stereocenters. The summed E-state index contributed by atoms with van der Waals surface area (Å²) < 4.78 is 38.9. The number of carboxylic acid groups (broad SMARTS) is 1. The molecule has 0 aliphatic rings. The Morgan fingerprint density at radius 1 is 1.21 bits per heavy atom. The molecule has 6 heteroatoms. The molecule has 1 aromatic rings. The number of aliphatic carboxylic acids is 1. The molecule has 0 heterocycles. The zero-order valence-corrected chi connectivity index (χ0v) is 10.5. The minimum Gasteiger partial charge on any atom is -0.480 e. The van der Waals surface area contributed by atoms with E-state index in [4.69, 9.17) is 5.11 Å². The highest BCUT2D eigenvalue weighted by atomic mass is 19.4. The Morgan fingerprint density at radius 2 is 1.74 bits per heavy atom. The van der Waals surface area contributed by atoms with Gasteiger partial charge in [0.15, 0.2) is 0 Å². The lowest BCUT2D eigenvalue weighted by atomic mass is 10.0. The van der Waals surface area contributed by atoms with Gasteiger partial charge in [0.2, 0.25) is 0 Å². The Bertz CT molecular complexity index is 467. The molecule has 1 rings (SSSR count). The smallest absolute Gasteiger partial charge is 0.433 e. The monoisotopic (exact) mass is 273 g/mol. The van der Waals surface area contributed by atoms with Crippen LogP contribution in [0.5, 0.6) is 0 Å². The zero-order chi connectivity index (χ0) is 14.6. The lowest BCUT2D eigenvalue weighted by molar-refractivity contribution is -0.139. The van der Waals surface area contributed by atoms with Crippen molar-refractivity contribution in [2.75, 3.05) is 0 Å². The van der Waals surface area contributed by atoms with Crippen molar-refractivity contribution in [3.63, 3.8) is 0 Å². The number of halogens is 3. The summed E-state index contributed by atoms with van der Waals surface area (Å²) >= 11 is 0. The second-order valence-electron chi connectivity index (χ2n) is 4.37. The predicted octanol–water partition coefficient (Wildman–Crippen LogP) is 3.15. The third-order valence-electron chi connectivity index (χ3n) is 2.47. The van der Waals surface area contributed by atoms with Gasteiger partial charge in [-0.3, -0.25) is 4.99 Å². The Kier molecular flexibility index (Phi) is 4.69. The molecule has 0 radical (unpaired) electrons. The van der Waals surface area contributed by atoms with Crippen molar-refractivity contribution >= 4 is 11.7 Å². The minimum absolute atomic E-state index is 0.137. The summed E-state index contributed by atoms with van der Waals surface area (Å²) in [5.41, 5.74) is -1.30. The first kappa shape index (κ1) is 15.2.